The Morgan fingerprint density at radius 3 is 2.16 bits per heavy atom. The highest BCUT2D eigenvalue weighted by molar-refractivity contribution is 5.94. The molecule has 0 atom stereocenters. The fraction of sp³-hybridized carbons (Fsp3) is 0.318. The summed E-state index contributed by atoms with van der Waals surface area (Å²) >= 11 is 0. The lowest BCUT2D eigenvalue weighted by atomic mass is 9.91. The van der Waals surface area contributed by atoms with Crippen molar-refractivity contribution in [2.75, 3.05) is 28.4 Å². The number of methoxy groups -OCH3 is 4. The lowest BCUT2D eigenvalue weighted by Crippen LogP contribution is -2.41. The van der Waals surface area contributed by atoms with E-state index in [1.807, 2.05) is 6.07 Å². The summed E-state index contributed by atoms with van der Waals surface area (Å²) in [5.41, 5.74) is 4.88. The standard InChI is InChI=1S/C22H24NO4.HNO3/c1-13-15-6-7-18(24-2)22(27-5)17(15)12-23-9-8-14-10-19(25-3)20(26-4)11-16(14)21(13)23;2-1(3)4/h6-7,10-12H,8-9H2,1-5H3;(H,2,3,4)/q+1;. The molecule has 164 valence electrons. The predicted octanol–water partition coefficient (Wildman–Crippen LogP) is 3.35. The van der Waals surface area contributed by atoms with Crippen LogP contribution < -0.4 is 23.5 Å². The average molecular weight is 429 g/mol. The number of hydrogen-bond donors (Lipinski definition) is 1. The van der Waals surface area contributed by atoms with E-state index in [4.69, 9.17) is 34.3 Å². The average Bonchev–Trinajstić information content (AvgIpc) is 2.76. The van der Waals surface area contributed by atoms with Crippen LogP contribution in [0.5, 0.6) is 23.0 Å². The summed E-state index contributed by atoms with van der Waals surface area (Å²) in [5, 5.41) is 15.9. The van der Waals surface area contributed by atoms with E-state index in [1.165, 1.54) is 22.4 Å². The van der Waals surface area contributed by atoms with Gasteiger partial charge in [-0.3, -0.25) is 0 Å². The van der Waals surface area contributed by atoms with Crippen LogP contribution in [-0.4, -0.2) is 38.7 Å². The van der Waals surface area contributed by atoms with Gasteiger partial charge in [-0.25, -0.2) is 0 Å². The van der Waals surface area contributed by atoms with Crippen molar-refractivity contribution in [1.82, 2.24) is 0 Å². The van der Waals surface area contributed by atoms with Crippen LogP contribution in [0, 0.1) is 17.0 Å². The van der Waals surface area contributed by atoms with Crippen LogP contribution in [0.2, 0.25) is 0 Å². The van der Waals surface area contributed by atoms with Gasteiger partial charge >= 0.3 is 0 Å². The molecule has 1 N–H and O–H groups in total. The van der Waals surface area contributed by atoms with E-state index in [9.17, 15) is 0 Å². The Morgan fingerprint density at radius 1 is 0.968 bits per heavy atom. The molecule has 0 fully saturated rings. The van der Waals surface area contributed by atoms with E-state index in [0.717, 1.165) is 46.7 Å². The summed E-state index contributed by atoms with van der Waals surface area (Å²) in [6.07, 6.45) is 3.10. The van der Waals surface area contributed by atoms with Crippen LogP contribution in [0.3, 0.4) is 0 Å². The maximum atomic E-state index is 8.36. The summed E-state index contributed by atoms with van der Waals surface area (Å²) < 4.78 is 24.5. The first-order valence-corrected chi connectivity index (χ1v) is 9.52. The molecule has 2 aromatic carbocycles. The molecule has 1 aliphatic heterocycles. The quantitative estimate of drug-likeness (QED) is 0.385. The summed E-state index contributed by atoms with van der Waals surface area (Å²) in [5.74, 6) is 3.03. The van der Waals surface area contributed by atoms with Gasteiger partial charge in [-0.2, -0.15) is 4.57 Å². The largest absolute Gasteiger partial charge is 0.493 e. The van der Waals surface area contributed by atoms with Crippen LogP contribution in [0.4, 0.5) is 0 Å². The predicted molar refractivity (Wildman–Crippen MR) is 113 cm³/mol. The van der Waals surface area contributed by atoms with Gasteiger partial charge in [0.15, 0.2) is 35.7 Å². The Balaban J connectivity index is 0.000000628. The number of nitrogens with zero attached hydrogens (tertiary/aromatic N) is 2. The molecule has 31 heavy (non-hydrogen) atoms. The molecule has 9 heteroatoms. The van der Waals surface area contributed by atoms with Gasteiger partial charge in [-0.1, -0.05) is 0 Å². The topological polar surface area (TPSA) is 104 Å². The number of fused-ring (bicyclic) bond motifs is 4. The molecule has 0 saturated carbocycles. The molecule has 0 amide bonds. The number of hydrogen-bond acceptors (Lipinski definition) is 6. The summed E-state index contributed by atoms with van der Waals surface area (Å²) in [4.78, 5) is 8.36. The molecular weight excluding hydrogens is 404 g/mol. The Kier molecular flexibility index (Phi) is 6.33. The van der Waals surface area contributed by atoms with Crippen LogP contribution >= 0.6 is 0 Å². The lowest BCUT2D eigenvalue weighted by molar-refractivity contribution is -0.742. The third-order valence-corrected chi connectivity index (χ3v) is 5.40. The van der Waals surface area contributed by atoms with Crippen molar-refractivity contribution in [2.45, 2.75) is 19.9 Å². The van der Waals surface area contributed by atoms with E-state index in [2.05, 4.69) is 35.9 Å². The Labute approximate surface area is 179 Å². The van der Waals surface area contributed by atoms with Gasteiger partial charge in [0.1, 0.15) is 0 Å². The number of aryl methyl sites for hydroxylation is 3. The van der Waals surface area contributed by atoms with Gasteiger partial charge in [0.25, 0.3) is 5.09 Å². The molecule has 4 rings (SSSR count). The molecule has 0 radical (unpaired) electrons. The van der Waals surface area contributed by atoms with Crippen LogP contribution in [0.15, 0.2) is 30.5 Å². The van der Waals surface area contributed by atoms with E-state index in [0.29, 0.717) is 0 Å². The molecule has 1 aliphatic rings. The maximum absolute atomic E-state index is 8.36. The van der Waals surface area contributed by atoms with E-state index >= 15 is 0 Å². The van der Waals surface area contributed by atoms with Gasteiger partial charge in [0.2, 0.25) is 5.69 Å². The number of ether oxygens (including phenoxy) is 4. The minimum atomic E-state index is -1.50. The number of rotatable bonds is 4. The summed E-state index contributed by atoms with van der Waals surface area (Å²) in [6, 6.07) is 8.24. The van der Waals surface area contributed by atoms with Crippen LogP contribution in [0.25, 0.3) is 22.0 Å². The van der Waals surface area contributed by atoms with Crippen molar-refractivity contribution in [2.24, 2.45) is 0 Å². The molecule has 0 spiro atoms. The highest BCUT2D eigenvalue weighted by atomic mass is 16.9. The zero-order chi connectivity index (χ0) is 22.7. The van der Waals surface area contributed by atoms with Crippen LogP contribution in [-0.2, 0) is 13.0 Å². The summed E-state index contributed by atoms with van der Waals surface area (Å²) in [6.45, 7) is 3.06. The first kappa shape index (κ1) is 21.9. The smallest absolute Gasteiger partial charge is 0.291 e. The van der Waals surface area contributed by atoms with Gasteiger partial charge in [0.05, 0.1) is 39.4 Å². The van der Waals surface area contributed by atoms with Crippen molar-refractivity contribution in [3.63, 3.8) is 0 Å². The first-order valence-electron chi connectivity index (χ1n) is 9.52. The van der Waals surface area contributed by atoms with Crippen molar-refractivity contribution in [3.8, 4) is 34.3 Å². The Bertz CT molecular complexity index is 1140. The third-order valence-electron chi connectivity index (χ3n) is 5.40. The second kappa shape index (κ2) is 8.95. The maximum Gasteiger partial charge on any atom is 0.291 e. The number of pyridine rings is 1. The Morgan fingerprint density at radius 2 is 1.58 bits per heavy atom. The SMILES string of the molecule is COc1cc2c(cc1OC)-c1c(C)c3ccc(OC)c(OC)c3c[n+]1CC2.O=[N+]([O-])O. The molecular formula is C22H25N2O7+. The second-order valence-electron chi connectivity index (χ2n) is 6.91. The number of benzene rings is 2. The number of aromatic nitrogens is 1. The van der Waals surface area contributed by atoms with Crippen molar-refractivity contribution >= 4 is 10.8 Å². The molecule has 1 aromatic heterocycles. The molecule has 3 aromatic rings. The second-order valence-corrected chi connectivity index (χ2v) is 6.91. The van der Waals surface area contributed by atoms with Gasteiger partial charge in [-0.05, 0) is 36.8 Å². The Hall–Kier alpha value is -3.75. The van der Waals surface area contributed by atoms with Gasteiger partial charge < -0.3 is 24.2 Å². The highest BCUT2D eigenvalue weighted by Gasteiger charge is 2.29. The zero-order valence-electron chi connectivity index (χ0n) is 18.1. The molecule has 2 heterocycles. The van der Waals surface area contributed by atoms with E-state index in [1.54, 1.807) is 28.4 Å². The van der Waals surface area contributed by atoms with Gasteiger partial charge in [-0.15, -0.1) is 10.1 Å². The molecule has 0 bridgehead atoms. The fourth-order valence-corrected chi connectivity index (χ4v) is 4.09. The molecule has 0 aliphatic carbocycles. The molecule has 0 saturated heterocycles. The monoisotopic (exact) mass is 429 g/mol. The third kappa shape index (κ3) is 3.98. The zero-order valence-corrected chi connectivity index (χ0v) is 18.1. The summed E-state index contributed by atoms with van der Waals surface area (Å²) in [7, 11) is 6.70. The fourth-order valence-electron chi connectivity index (χ4n) is 4.09. The highest BCUT2D eigenvalue weighted by Crippen LogP contribution is 2.41. The minimum Gasteiger partial charge on any atom is -0.493 e. The van der Waals surface area contributed by atoms with E-state index in [-0.39, 0.29) is 0 Å². The first-order chi connectivity index (χ1) is 14.9. The van der Waals surface area contributed by atoms with E-state index < -0.39 is 5.09 Å². The van der Waals surface area contributed by atoms with Crippen molar-refractivity contribution < 1.29 is 33.8 Å². The van der Waals surface area contributed by atoms with Crippen molar-refractivity contribution in [3.05, 3.63) is 51.7 Å². The molecule has 0 unspecified atom stereocenters. The minimum absolute atomic E-state index is 0.743. The van der Waals surface area contributed by atoms with Gasteiger partial charge in [0, 0.05) is 17.4 Å². The normalized spacial score (nSPS) is 11.5. The van der Waals surface area contributed by atoms with Crippen molar-refractivity contribution in [1.29, 1.82) is 0 Å². The molecule has 9 nitrogen and oxygen atoms in total. The van der Waals surface area contributed by atoms with Crippen LogP contribution in [0.1, 0.15) is 11.1 Å². The lowest BCUT2D eigenvalue weighted by Gasteiger charge is -2.20.